The lowest BCUT2D eigenvalue weighted by Crippen LogP contribution is -2.24. The van der Waals surface area contributed by atoms with E-state index in [4.69, 9.17) is 10.5 Å². The number of hydrogen-bond donors (Lipinski definition) is 2. The molecule has 0 aliphatic rings. The van der Waals surface area contributed by atoms with Crippen LogP contribution in [0, 0.1) is 17.0 Å². The number of aryl methyl sites for hydroxylation is 1. The molecule has 9 nitrogen and oxygen atoms in total. The summed E-state index contributed by atoms with van der Waals surface area (Å²) in [5, 5.41) is 18.5. The predicted molar refractivity (Wildman–Crippen MR) is 88.2 cm³/mol. The van der Waals surface area contributed by atoms with Crippen molar-refractivity contribution in [2.45, 2.75) is 13.7 Å². The fourth-order valence-corrected chi connectivity index (χ4v) is 1.78. The number of rotatable bonds is 6. The van der Waals surface area contributed by atoms with E-state index in [1.807, 2.05) is 6.07 Å². The van der Waals surface area contributed by atoms with E-state index in [1.165, 1.54) is 17.0 Å². The van der Waals surface area contributed by atoms with Gasteiger partial charge in [0.25, 0.3) is 0 Å². The van der Waals surface area contributed by atoms with Crippen LogP contribution in [0.3, 0.4) is 0 Å². The molecule has 0 unspecified atom stereocenters. The number of nitrogens with two attached hydrogens (primary N) is 1. The maximum atomic E-state index is 10.7. The normalized spacial score (nSPS) is 10.7. The van der Waals surface area contributed by atoms with Gasteiger partial charge in [-0.05, 0) is 36.2 Å². The quantitative estimate of drug-likeness (QED) is 0.353. The van der Waals surface area contributed by atoms with Gasteiger partial charge in [-0.15, -0.1) is 4.68 Å². The van der Waals surface area contributed by atoms with Crippen molar-refractivity contribution in [3.05, 3.63) is 51.7 Å². The molecule has 0 saturated carbocycles. The number of aromatic nitrogens is 2. The Kier molecular flexibility index (Phi) is 5.20. The van der Waals surface area contributed by atoms with E-state index >= 15 is 0 Å². The molecule has 2 aromatic rings. The van der Waals surface area contributed by atoms with Crippen LogP contribution >= 0.6 is 12.2 Å². The van der Waals surface area contributed by atoms with E-state index in [9.17, 15) is 10.1 Å². The molecule has 0 aliphatic carbocycles. The number of benzene rings is 1. The topological polar surface area (TPSA) is 121 Å². The van der Waals surface area contributed by atoms with Crippen LogP contribution in [0.5, 0.6) is 5.75 Å². The third-order valence-corrected chi connectivity index (χ3v) is 2.89. The molecule has 1 aromatic heterocycles. The van der Waals surface area contributed by atoms with Gasteiger partial charge in [0.15, 0.2) is 5.11 Å². The van der Waals surface area contributed by atoms with Crippen LogP contribution in [0.2, 0.25) is 0 Å². The second kappa shape index (κ2) is 7.31. The van der Waals surface area contributed by atoms with E-state index in [0.29, 0.717) is 17.0 Å². The van der Waals surface area contributed by atoms with Gasteiger partial charge in [-0.1, -0.05) is 12.1 Å². The minimum Gasteiger partial charge on any atom is -0.469 e. The highest BCUT2D eigenvalue weighted by atomic mass is 32.1. The first-order valence-corrected chi connectivity index (χ1v) is 6.87. The summed E-state index contributed by atoms with van der Waals surface area (Å²) >= 11 is 4.65. The van der Waals surface area contributed by atoms with Crippen LogP contribution < -0.4 is 15.9 Å². The fourth-order valence-electron chi connectivity index (χ4n) is 1.73. The van der Waals surface area contributed by atoms with Gasteiger partial charge in [0.2, 0.25) is 6.73 Å². The molecule has 0 bridgehead atoms. The van der Waals surface area contributed by atoms with Crippen molar-refractivity contribution in [2.75, 3.05) is 0 Å². The zero-order valence-electron chi connectivity index (χ0n) is 12.2. The molecule has 1 aromatic carbocycles. The summed E-state index contributed by atoms with van der Waals surface area (Å²) in [7, 11) is 0. The number of nitrogens with one attached hydrogen (secondary N) is 1. The standard InChI is InChI=1S/C13H14N6O3S/c1-9-6-12(19(20)21)17-18(9)8-22-11-5-3-2-4-10(11)7-15-16-13(14)23/h2-7H,8H2,1H3,(H3,14,16,23). The van der Waals surface area contributed by atoms with Crippen LogP contribution in [-0.4, -0.2) is 26.0 Å². The minimum absolute atomic E-state index is 0.0350. The summed E-state index contributed by atoms with van der Waals surface area (Å²) < 4.78 is 7.05. The van der Waals surface area contributed by atoms with Crippen molar-refractivity contribution < 1.29 is 9.66 Å². The predicted octanol–water partition coefficient (Wildman–Crippen LogP) is 1.30. The van der Waals surface area contributed by atoms with Gasteiger partial charge in [-0.3, -0.25) is 5.43 Å². The molecule has 1 heterocycles. The molecule has 10 heteroatoms. The lowest BCUT2D eigenvalue weighted by Gasteiger charge is -2.08. The summed E-state index contributed by atoms with van der Waals surface area (Å²) in [5.74, 6) is 0.320. The first kappa shape index (κ1) is 16.4. The lowest BCUT2D eigenvalue weighted by molar-refractivity contribution is -0.389. The Morgan fingerprint density at radius 1 is 1.61 bits per heavy atom. The Hall–Kier alpha value is -3.01. The summed E-state index contributed by atoms with van der Waals surface area (Å²) in [6.45, 7) is 1.75. The zero-order chi connectivity index (χ0) is 16.8. The van der Waals surface area contributed by atoms with E-state index in [2.05, 4.69) is 27.8 Å². The van der Waals surface area contributed by atoms with E-state index in [0.717, 1.165) is 0 Å². The van der Waals surface area contributed by atoms with E-state index in [-0.39, 0.29) is 17.7 Å². The molecule has 0 radical (unpaired) electrons. The number of para-hydroxylation sites is 1. The summed E-state index contributed by atoms with van der Waals surface area (Å²) in [4.78, 5) is 10.2. The van der Waals surface area contributed by atoms with Crippen LogP contribution in [0.4, 0.5) is 5.82 Å². The number of ether oxygens (including phenoxy) is 1. The van der Waals surface area contributed by atoms with Gasteiger partial charge < -0.3 is 20.6 Å². The van der Waals surface area contributed by atoms with Gasteiger partial charge in [0, 0.05) is 5.56 Å². The van der Waals surface area contributed by atoms with Crippen molar-refractivity contribution in [3.63, 3.8) is 0 Å². The minimum atomic E-state index is -0.550. The van der Waals surface area contributed by atoms with E-state index in [1.54, 1.807) is 25.1 Å². The Balaban J connectivity index is 2.10. The number of thiocarbonyl (C=S) groups is 1. The zero-order valence-corrected chi connectivity index (χ0v) is 13.0. The molecule has 0 saturated heterocycles. The molecule has 120 valence electrons. The average Bonchev–Trinajstić information content (AvgIpc) is 2.87. The van der Waals surface area contributed by atoms with Gasteiger partial charge >= 0.3 is 5.82 Å². The van der Waals surface area contributed by atoms with Crippen LogP contribution in [-0.2, 0) is 6.73 Å². The second-order valence-electron chi connectivity index (χ2n) is 4.45. The Morgan fingerprint density at radius 2 is 2.35 bits per heavy atom. The molecule has 0 spiro atoms. The average molecular weight is 334 g/mol. The van der Waals surface area contributed by atoms with Crippen molar-refractivity contribution in [3.8, 4) is 5.75 Å². The van der Waals surface area contributed by atoms with Gasteiger partial charge in [0.1, 0.15) is 5.75 Å². The summed E-state index contributed by atoms with van der Waals surface area (Å²) in [6.07, 6.45) is 1.51. The lowest BCUT2D eigenvalue weighted by atomic mass is 10.2. The third kappa shape index (κ3) is 4.48. The summed E-state index contributed by atoms with van der Waals surface area (Å²) in [5.41, 5.74) is 9.05. The molecular formula is C13H14N6O3S. The second-order valence-corrected chi connectivity index (χ2v) is 4.89. The van der Waals surface area contributed by atoms with E-state index < -0.39 is 4.92 Å². The van der Waals surface area contributed by atoms with Crippen molar-refractivity contribution in [1.29, 1.82) is 0 Å². The highest BCUT2D eigenvalue weighted by Crippen LogP contribution is 2.17. The Bertz CT molecular complexity index is 758. The third-order valence-electron chi connectivity index (χ3n) is 2.80. The highest BCUT2D eigenvalue weighted by Gasteiger charge is 2.15. The number of nitro groups is 1. The molecule has 0 amide bonds. The molecule has 3 N–H and O–H groups in total. The maximum Gasteiger partial charge on any atom is 0.390 e. The van der Waals surface area contributed by atoms with Crippen molar-refractivity contribution in [2.24, 2.45) is 10.8 Å². The number of nitrogens with zero attached hydrogens (tertiary/aromatic N) is 4. The largest absolute Gasteiger partial charge is 0.469 e. The summed E-state index contributed by atoms with van der Waals surface area (Å²) in [6, 6.07) is 8.53. The highest BCUT2D eigenvalue weighted by molar-refractivity contribution is 7.80. The number of hydrazone groups is 1. The number of hydrogen-bond acceptors (Lipinski definition) is 6. The monoisotopic (exact) mass is 334 g/mol. The first-order valence-electron chi connectivity index (χ1n) is 6.46. The smallest absolute Gasteiger partial charge is 0.390 e. The van der Waals surface area contributed by atoms with Crippen LogP contribution in [0.25, 0.3) is 0 Å². The van der Waals surface area contributed by atoms with Crippen LogP contribution in [0.15, 0.2) is 35.4 Å². The molecule has 0 fully saturated rings. The van der Waals surface area contributed by atoms with Crippen molar-refractivity contribution >= 4 is 29.4 Å². The molecule has 23 heavy (non-hydrogen) atoms. The molecular weight excluding hydrogens is 320 g/mol. The molecule has 2 rings (SSSR count). The van der Waals surface area contributed by atoms with Gasteiger partial charge in [-0.2, -0.15) is 5.10 Å². The maximum absolute atomic E-state index is 10.7. The fraction of sp³-hybridized carbons (Fsp3) is 0.154. The van der Waals surface area contributed by atoms with Crippen molar-refractivity contribution in [1.82, 2.24) is 15.2 Å². The molecule has 0 atom stereocenters. The van der Waals surface area contributed by atoms with Gasteiger partial charge in [-0.25, -0.2) is 0 Å². The Morgan fingerprint density at radius 3 is 3.00 bits per heavy atom. The van der Waals surface area contributed by atoms with Crippen LogP contribution in [0.1, 0.15) is 11.3 Å². The Labute approximate surface area is 136 Å². The molecule has 0 aliphatic heterocycles. The SMILES string of the molecule is Cc1cc([N+](=O)[O-])nn1COc1ccccc1C=NNC(N)=S. The first-order chi connectivity index (χ1) is 11.0. The van der Waals surface area contributed by atoms with Gasteiger partial charge in [0.05, 0.1) is 23.1 Å².